The van der Waals surface area contributed by atoms with Crippen molar-refractivity contribution in [3.05, 3.63) is 0 Å². The molecule has 0 bridgehead atoms. The van der Waals surface area contributed by atoms with Crippen LogP contribution in [0.1, 0.15) is 0 Å². The summed E-state index contributed by atoms with van der Waals surface area (Å²) in [5.41, 5.74) is -3.15. The van der Waals surface area contributed by atoms with Crippen LogP contribution in [-0.2, 0) is 0 Å². The Labute approximate surface area is 97.8 Å². The van der Waals surface area contributed by atoms with Crippen molar-refractivity contribution in [2.45, 2.75) is 11.3 Å². The van der Waals surface area contributed by atoms with E-state index in [2.05, 4.69) is 0 Å². The van der Waals surface area contributed by atoms with Crippen LogP contribution in [0.15, 0.2) is 0 Å². The molecule has 1 aliphatic rings. The van der Waals surface area contributed by atoms with Gasteiger partial charge in [-0.25, -0.2) is 0 Å². The average molecular weight is 335 g/mol. The highest BCUT2D eigenvalue weighted by Gasteiger charge is 2.71. The van der Waals surface area contributed by atoms with Crippen molar-refractivity contribution in [3.63, 3.8) is 0 Å². The fourth-order valence-corrected chi connectivity index (χ4v) is 23.7. The SMILES string of the molecule is CP(C)(Cl)=C1[Si](F)(F)C[Si](F)(F)C[Si]1(F)F. The first-order valence-corrected chi connectivity index (χ1v) is 14.0. The van der Waals surface area contributed by atoms with E-state index in [0.29, 0.717) is 0 Å². The Balaban J connectivity index is 3.41. The molecule has 1 aliphatic heterocycles. The van der Waals surface area contributed by atoms with Gasteiger partial charge in [-0.3, -0.25) is 24.6 Å². The molecule has 0 atom stereocenters. The topological polar surface area (TPSA) is 0 Å². The first-order chi connectivity index (χ1) is 6.78. The molecule has 0 aromatic rings. The molecule has 0 nitrogen and oxygen atoms in total. The second-order valence-corrected chi connectivity index (χ2v) is 19.6. The van der Waals surface area contributed by atoms with Crippen LogP contribution in [-0.4, -0.2) is 44.1 Å². The molecular formula is C5H10ClF6PSi3. The molecule has 0 saturated carbocycles. The zero-order valence-corrected chi connectivity index (χ0v) is 13.2. The molecule has 96 valence electrons. The molecule has 0 spiro atoms. The number of hydrogen-bond acceptors (Lipinski definition) is 0. The van der Waals surface area contributed by atoms with Crippen LogP contribution < -0.4 is 0 Å². The zero-order valence-electron chi connectivity index (χ0n) is 8.51. The fraction of sp³-hybridized carbons (Fsp3) is 0.800. The van der Waals surface area contributed by atoms with Crippen LogP contribution in [0.5, 0.6) is 0 Å². The first-order valence-electron chi connectivity index (χ1n) is 4.34. The van der Waals surface area contributed by atoms with E-state index in [1.54, 1.807) is 0 Å². The molecule has 0 aromatic heterocycles. The number of halogens is 7. The molecule has 1 saturated heterocycles. The summed E-state index contributed by atoms with van der Waals surface area (Å²) in [4.78, 5) is 0. The number of rotatable bonds is 0. The van der Waals surface area contributed by atoms with E-state index in [1.807, 2.05) is 0 Å². The highest BCUT2D eigenvalue weighted by Crippen LogP contribution is 2.55. The third-order valence-electron chi connectivity index (χ3n) is 2.19. The minimum Gasteiger partial charge on any atom is -0.271 e. The minimum atomic E-state index is -5.67. The summed E-state index contributed by atoms with van der Waals surface area (Å²) in [5, 5.41) is 0. The average Bonchev–Trinajstić information content (AvgIpc) is 1.67. The van der Waals surface area contributed by atoms with Gasteiger partial charge in [-0.05, 0) is 19.6 Å². The van der Waals surface area contributed by atoms with Crippen LogP contribution in [0.25, 0.3) is 0 Å². The van der Waals surface area contributed by atoms with E-state index in [9.17, 15) is 24.6 Å². The molecule has 0 aliphatic carbocycles. The van der Waals surface area contributed by atoms with Gasteiger partial charge in [0.2, 0.25) is 0 Å². The summed E-state index contributed by atoms with van der Waals surface area (Å²) in [7, 11) is -16.8. The van der Waals surface area contributed by atoms with Gasteiger partial charge < -0.3 is 0 Å². The summed E-state index contributed by atoms with van der Waals surface area (Å²) in [6.45, 7) is 2.27. The standard InChI is InChI=1S/C5H10ClF6PSi3/c1-13(2,6)5-15(9,10)3-14(7,8)4-16(5,11)12/h3-4H2,1-2H3. The summed E-state index contributed by atoms with van der Waals surface area (Å²) < 4.78 is 78.8. The van der Waals surface area contributed by atoms with Crippen LogP contribution in [0.2, 0.25) is 11.3 Å². The maximum Gasteiger partial charge on any atom is 0.456 e. The Kier molecular flexibility index (Phi) is 3.63. The summed E-state index contributed by atoms with van der Waals surface area (Å²) in [6, 6.07) is 0. The Bertz CT molecular complexity index is 333. The van der Waals surface area contributed by atoms with Crippen LogP contribution in [0.4, 0.5) is 24.6 Å². The predicted octanol–water partition coefficient (Wildman–Crippen LogP) is 3.90. The summed E-state index contributed by atoms with van der Waals surface area (Å²) >= 11 is 5.63. The molecule has 11 heteroatoms. The molecule has 1 heterocycles. The van der Waals surface area contributed by atoms with E-state index in [0.717, 1.165) is 13.3 Å². The predicted molar refractivity (Wildman–Crippen MR) is 63.2 cm³/mol. The maximum absolute atomic E-state index is 13.5. The van der Waals surface area contributed by atoms with Gasteiger partial charge >= 0.3 is 26.2 Å². The molecule has 16 heavy (non-hydrogen) atoms. The van der Waals surface area contributed by atoms with Crippen molar-refractivity contribution in [3.8, 4) is 0 Å². The van der Waals surface area contributed by atoms with Crippen molar-refractivity contribution in [2.24, 2.45) is 0 Å². The molecule has 0 unspecified atom stereocenters. The van der Waals surface area contributed by atoms with E-state index in [-0.39, 0.29) is 0 Å². The molecule has 1 fully saturated rings. The molecule has 0 amide bonds. The van der Waals surface area contributed by atoms with Gasteiger partial charge in [0.25, 0.3) is 0 Å². The van der Waals surface area contributed by atoms with E-state index >= 15 is 0 Å². The Morgan fingerprint density at radius 1 is 0.938 bits per heavy atom. The fourth-order valence-electron chi connectivity index (χ4n) is 1.93. The third kappa shape index (κ3) is 2.98. The largest absolute Gasteiger partial charge is 0.456 e. The van der Waals surface area contributed by atoms with Crippen molar-refractivity contribution < 1.29 is 24.6 Å². The van der Waals surface area contributed by atoms with Crippen molar-refractivity contribution >= 4 is 48.2 Å². The Hall–Kier alpha value is 0.821. The van der Waals surface area contributed by atoms with Crippen molar-refractivity contribution in [1.29, 1.82) is 0 Å². The first kappa shape index (κ1) is 14.9. The molecule has 0 N–H and O–H groups in total. The van der Waals surface area contributed by atoms with Gasteiger partial charge in [-0.1, -0.05) is 11.2 Å². The lowest BCUT2D eigenvalue weighted by Gasteiger charge is -2.34. The van der Waals surface area contributed by atoms with Gasteiger partial charge in [0.05, 0.1) is 11.3 Å². The van der Waals surface area contributed by atoms with Gasteiger partial charge in [-0.2, -0.15) is 0 Å². The van der Waals surface area contributed by atoms with Crippen molar-refractivity contribution in [1.82, 2.24) is 0 Å². The lowest BCUT2D eigenvalue weighted by Crippen LogP contribution is -2.62. The quantitative estimate of drug-likeness (QED) is 0.273. The highest BCUT2D eigenvalue weighted by atomic mass is 35.7. The zero-order chi connectivity index (χ0) is 13.0. The lowest BCUT2D eigenvalue weighted by atomic mass is 11.7. The smallest absolute Gasteiger partial charge is 0.271 e. The van der Waals surface area contributed by atoms with Gasteiger partial charge in [0.1, 0.15) is 0 Å². The van der Waals surface area contributed by atoms with E-state index in [1.165, 1.54) is 0 Å². The van der Waals surface area contributed by atoms with Crippen molar-refractivity contribution in [2.75, 3.05) is 13.3 Å². The van der Waals surface area contributed by atoms with Gasteiger partial charge in [-0.15, -0.1) is 0 Å². The minimum absolute atomic E-state index is 1.14. The van der Waals surface area contributed by atoms with Crippen LogP contribution in [0.3, 0.4) is 0 Å². The van der Waals surface area contributed by atoms with Crippen LogP contribution >= 0.6 is 17.5 Å². The van der Waals surface area contributed by atoms with E-state index < -0.39 is 48.3 Å². The lowest BCUT2D eigenvalue weighted by molar-refractivity contribution is 0.558. The Morgan fingerprint density at radius 3 is 1.50 bits per heavy atom. The number of hydrogen-bond donors (Lipinski definition) is 0. The summed E-state index contributed by atoms with van der Waals surface area (Å²) in [6.07, 6.45) is -3.09. The van der Waals surface area contributed by atoms with Crippen LogP contribution in [0, 0.1) is 0 Å². The monoisotopic (exact) mass is 334 g/mol. The van der Waals surface area contributed by atoms with Gasteiger partial charge in [0, 0.05) is 4.54 Å². The normalized spacial score (nSPS) is 27.9. The highest BCUT2D eigenvalue weighted by molar-refractivity contribution is 8.03. The second kappa shape index (κ2) is 3.91. The second-order valence-electron chi connectivity index (χ2n) is 4.28. The molecule has 0 radical (unpaired) electrons. The Morgan fingerprint density at radius 2 is 1.25 bits per heavy atom. The maximum atomic E-state index is 13.5. The summed E-state index contributed by atoms with van der Waals surface area (Å²) in [5.74, 6) is 0. The molecule has 1 rings (SSSR count). The third-order valence-corrected chi connectivity index (χ3v) is 21.2. The molecule has 0 aromatic carbocycles. The van der Waals surface area contributed by atoms with E-state index in [4.69, 9.17) is 11.2 Å². The van der Waals surface area contributed by atoms with Gasteiger partial charge in [0.15, 0.2) is 0 Å². The molecular weight excluding hydrogens is 325 g/mol.